The van der Waals surface area contributed by atoms with Gasteiger partial charge in [-0.15, -0.1) is 0 Å². The normalized spacial score (nSPS) is 12.5. The maximum absolute atomic E-state index is 11.8. The molecule has 1 N–H and O–H groups in total. The third-order valence-electron chi connectivity index (χ3n) is 3.03. The third kappa shape index (κ3) is 4.50. The first-order chi connectivity index (χ1) is 8.04. The molecule has 0 bridgehead atoms. The standard InChI is InChI=1S/C14H20BrNO/c1-10(2)11(3)14(17)16-9-13-6-4-5-12(7-13)8-15/h4-7,10-11H,8-9H2,1-3H3,(H,16,17). The maximum Gasteiger partial charge on any atom is 0.223 e. The Morgan fingerprint density at radius 3 is 2.53 bits per heavy atom. The zero-order chi connectivity index (χ0) is 12.8. The smallest absolute Gasteiger partial charge is 0.223 e. The van der Waals surface area contributed by atoms with Crippen molar-refractivity contribution in [1.82, 2.24) is 5.32 Å². The van der Waals surface area contributed by atoms with Crippen LogP contribution in [0.2, 0.25) is 0 Å². The van der Waals surface area contributed by atoms with Gasteiger partial charge in [0, 0.05) is 17.8 Å². The lowest BCUT2D eigenvalue weighted by molar-refractivity contribution is -0.125. The Hall–Kier alpha value is -0.830. The van der Waals surface area contributed by atoms with Gasteiger partial charge in [-0.05, 0) is 17.0 Å². The highest BCUT2D eigenvalue weighted by molar-refractivity contribution is 9.08. The molecule has 1 aromatic rings. The number of hydrogen-bond acceptors (Lipinski definition) is 1. The molecule has 0 saturated heterocycles. The highest BCUT2D eigenvalue weighted by Gasteiger charge is 2.15. The molecule has 0 aliphatic carbocycles. The second kappa shape index (κ2) is 6.80. The lowest BCUT2D eigenvalue weighted by Gasteiger charge is -2.15. The van der Waals surface area contributed by atoms with Gasteiger partial charge in [0.05, 0.1) is 0 Å². The van der Waals surface area contributed by atoms with Crippen molar-refractivity contribution in [1.29, 1.82) is 0 Å². The second-order valence-corrected chi connectivity index (χ2v) is 5.26. The monoisotopic (exact) mass is 297 g/mol. The summed E-state index contributed by atoms with van der Waals surface area (Å²) in [7, 11) is 0. The van der Waals surface area contributed by atoms with Crippen molar-refractivity contribution in [2.75, 3.05) is 0 Å². The number of carbonyl (C=O) groups excluding carboxylic acids is 1. The molecule has 2 nitrogen and oxygen atoms in total. The van der Waals surface area contributed by atoms with Gasteiger partial charge in [0.2, 0.25) is 5.91 Å². The van der Waals surface area contributed by atoms with E-state index in [2.05, 4.69) is 47.2 Å². The largest absolute Gasteiger partial charge is 0.352 e. The number of rotatable bonds is 5. The predicted octanol–water partition coefficient (Wildman–Crippen LogP) is 3.49. The van der Waals surface area contributed by atoms with Crippen LogP contribution in [0.5, 0.6) is 0 Å². The van der Waals surface area contributed by atoms with Crippen LogP contribution >= 0.6 is 15.9 Å². The van der Waals surface area contributed by atoms with Crippen LogP contribution in [-0.2, 0) is 16.7 Å². The highest BCUT2D eigenvalue weighted by atomic mass is 79.9. The van der Waals surface area contributed by atoms with Gasteiger partial charge in [-0.3, -0.25) is 4.79 Å². The molecule has 1 unspecified atom stereocenters. The Morgan fingerprint density at radius 1 is 1.29 bits per heavy atom. The van der Waals surface area contributed by atoms with E-state index >= 15 is 0 Å². The Labute approximate surface area is 112 Å². The SMILES string of the molecule is CC(C)C(C)C(=O)NCc1cccc(CBr)c1. The first-order valence-electron chi connectivity index (χ1n) is 5.96. The van der Waals surface area contributed by atoms with Crippen LogP contribution in [0.3, 0.4) is 0 Å². The van der Waals surface area contributed by atoms with Crippen molar-refractivity contribution in [2.24, 2.45) is 11.8 Å². The fourth-order valence-electron chi connectivity index (χ4n) is 1.48. The number of amides is 1. The second-order valence-electron chi connectivity index (χ2n) is 4.70. The van der Waals surface area contributed by atoms with Crippen LogP contribution in [0.25, 0.3) is 0 Å². The molecule has 3 heteroatoms. The number of hydrogen-bond donors (Lipinski definition) is 1. The van der Waals surface area contributed by atoms with Gasteiger partial charge >= 0.3 is 0 Å². The van der Waals surface area contributed by atoms with Crippen LogP contribution in [0, 0.1) is 11.8 Å². The molecule has 1 atom stereocenters. The van der Waals surface area contributed by atoms with E-state index < -0.39 is 0 Å². The van der Waals surface area contributed by atoms with E-state index in [0.29, 0.717) is 12.5 Å². The molecule has 0 saturated carbocycles. The number of halogens is 1. The zero-order valence-corrected chi connectivity index (χ0v) is 12.3. The van der Waals surface area contributed by atoms with Crippen molar-refractivity contribution in [3.63, 3.8) is 0 Å². The molecule has 1 aromatic carbocycles. The minimum absolute atomic E-state index is 0.0642. The summed E-state index contributed by atoms with van der Waals surface area (Å²) in [5.74, 6) is 0.572. The Bertz CT molecular complexity index is 376. The van der Waals surface area contributed by atoms with Crippen molar-refractivity contribution >= 4 is 21.8 Å². The summed E-state index contributed by atoms with van der Waals surface area (Å²) in [6, 6.07) is 8.22. The average molecular weight is 298 g/mol. The molecule has 0 aliphatic heterocycles. The van der Waals surface area contributed by atoms with Crippen LogP contribution < -0.4 is 5.32 Å². The first-order valence-corrected chi connectivity index (χ1v) is 7.08. The lowest BCUT2D eigenvalue weighted by atomic mass is 9.97. The molecule has 0 aliphatic rings. The van der Waals surface area contributed by atoms with Gasteiger partial charge in [0.15, 0.2) is 0 Å². The van der Waals surface area contributed by atoms with E-state index in [0.717, 1.165) is 10.9 Å². The highest BCUT2D eigenvalue weighted by Crippen LogP contribution is 2.11. The molecule has 0 aromatic heterocycles. The van der Waals surface area contributed by atoms with Gasteiger partial charge in [-0.1, -0.05) is 61.0 Å². The fourth-order valence-corrected chi connectivity index (χ4v) is 1.82. The van der Waals surface area contributed by atoms with E-state index in [4.69, 9.17) is 0 Å². The third-order valence-corrected chi connectivity index (χ3v) is 3.67. The summed E-state index contributed by atoms with van der Waals surface area (Å²) < 4.78 is 0. The van der Waals surface area contributed by atoms with Gasteiger partial charge in [-0.25, -0.2) is 0 Å². The predicted molar refractivity (Wildman–Crippen MR) is 74.9 cm³/mol. The van der Waals surface area contributed by atoms with E-state index in [1.54, 1.807) is 0 Å². The Morgan fingerprint density at radius 2 is 1.94 bits per heavy atom. The summed E-state index contributed by atoms with van der Waals surface area (Å²) in [5.41, 5.74) is 2.37. The summed E-state index contributed by atoms with van der Waals surface area (Å²) in [6.07, 6.45) is 0. The Balaban J connectivity index is 2.52. The van der Waals surface area contributed by atoms with Crippen molar-refractivity contribution in [3.05, 3.63) is 35.4 Å². The van der Waals surface area contributed by atoms with Crippen molar-refractivity contribution in [3.8, 4) is 0 Å². The Kier molecular flexibility index (Phi) is 5.69. The molecular formula is C14H20BrNO. The number of alkyl halides is 1. The van der Waals surface area contributed by atoms with Crippen LogP contribution in [-0.4, -0.2) is 5.91 Å². The molecule has 17 heavy (non-hydrogen) atoms. The summed E-state index contributed by atoms with van der Waals surface area (Å²) in [4.78, 5) is 11.8. The molecule has 0 radical (unpaired) electrons. The van der Waals surface area contributed by atoms with Crippen molar-refractivity contribution in [2.45, 2.75) is 32.6 Å². The maximum atomic E-state index is 11.8. The minimum Gasteiger partial charge on any atom is -0.352 e. The van der Waals surface area contributed by atoms with E-state index in [9.17, 15) is 4.79 Å². The summed E-state index contributed by atoms with van der Waals surface area (Å²) in [6.45, 7) is 6.71. The lowest BCUT2D eigenvalue weighted by Crippen LogP contribution is -2.31. The van der Waals surface area contributed by atoms with E-state index in [-0.39, 0.29) is 11.8 Å². The van der Waals surface area contributed by atoms with Crippen LogP contribution in [0.4, 0.5) is 0 Å². The first kappa shape index (κ1) is 14.2. The molecule has 0 spiro atoms. The molecule has 0 fully saturated rings. The molecule has 94 valence electrons. The van der Waals surface area contributed by atoms with E-state index in [1.807, 2.05) is 19.1 Å². The minimum atomic E-state index is 0.0642. The fraction of sp³-hybridized carbons (Fsp3) is 0.500. The molecule has 1 amide bonds. The number of nitrogens with one attached hydrogen (secondary N) is 1. The van der Waals surface area contributed by atoms with Gasteiger partial charge in [0.25, 0.3) is 0 Å². The molecule has 0 heterocycles. The topological polar surface area (TPSA) is 29.1 Å². The summed E-state index contributed by atoms with van der Waals surface area (Å²) in [5, 5.41) is 3.82. The molecular weight excluding hydrogens is 278 g/mol. The number of carbonyl (C=O) groups is 1. The van der Waals surface area contributed by atoms with E-state index in [1.165, 1.54) is 5.56 Å². The van der Waals surface area contributed by atoms with Gasteiger partial charge in [-0.2, -0.15) is 0 Å². The van der Waals surface area contributed by atoms with Gasteiger partial charge < -0.3 is 5.32 Å². The van der Waals surface area contributed by atoms with Crippen molar-refractivity contribution < 1.29 is 4.79 Å². The quantitative estimate of drug-likeness (QED) is 0.828. The zero-order valence-electron chi connectivity index (χ0n) is 10.7. The number of benzene rings is 1. The van der Waals surface area contributed by atoms with Crippen LogP contribution in [0.1, 0.15) is 31.9 Å². The summed E-state index contributed by atoms with van der Waals surface area (Å²) >= 11 is 3.43. The molecule has 1 rings (SSSR count). The van der Waals surface area contributed by atoms with Crippen LogP contribution in [0.15, 0.2) is 24.3 Å². The van der Waals surface area contributed by atoms with Gasteiger partial charge in [0.1, 0.15) is 0 Å². The average Bonchev–Trinajstić information content (AvgIpc) is 2.35.